The number of amides is 1. The highest BCUT2D eigenvalue weighted by atomic mass is 16.7. The first kappa shape index (κ1) is 15.2. The molecule has 0 aliphatic rings. The molecule has 0 aromatic heterocycles. The molecule has 0 spiro atoms. The maximum atomic E-state index is 11.3. The van der Waals surface area contributed by atoms with Gasteiger partial charge in [-0.2, -0.15) is 5.48 Å². The van der Waals surface area contributed by atoms with E-state index in [1.165, 1.54) is 0 Å². The van der Waals surface area contributed by atoms with Gasteiger partial charge in [-0.3, -0.25) is 4.84 Å². The SMILES string of the molecule is CC(C)C(CCO)ONC(=O)OC(C)(C)C. The quantitative estimate of drug-likeness (QED) is 0.711. The molecule has 0 heterocycles. The third-order valence-corrected chi connectivity index (χ3v) is 1.85. The first-order chi connectivity index (χ1) is 7.26. The zero-order valence-electron chi connectivity index (χ0n) is 10.7. The maximum Gasteiger partial charge on any atom is 0.431 e. The fourth-order valence-electron chi connectivity index (χ4n) is 1.08. The zero-order valence-corrected chi connectivity index (χ0v) is 10.7. The van der Waals surface area contributed by atoms with E-state index < -0.39 is 11.7 Å². The van der Waals surface area contributed by atoms with E-state index in [2.05, 4.69) is 5.48 Å². The van der Waals surface area contributed by atoms with Crippen molar-refractivity contribution in [1.82, 2.24) is 5.48 Å². The van der Waals surface area contributed by atoms with Crippen LogP contribution in [0.5, 0.6) is 0 Å². The summed E-state index contributed by atoms with van der Waals surface area (Å²) in [6.07, 6.45) is -0.346. The Morgan fingerprint density at radius 1 is 1.38 bits per heavy atom. The Hall–Kier alpha value is -0.810. The lowest BCUT2D eigenvalue weighted by Crippen LogP contribution is -2.37. The van der Waals surface area contributed by atoms with Crippen LogP contribution in [-0.2, 0) is 9.57 Å². The lowest BCUT2D eigenvalue weighted by atomic mass is 10.1. The molecule has 16 heavy (non-hydrogen) atoms. The van der Waals surface area contributed by atoms with Crippen molar-refractivity contribution in [3.8, 4) is 0 Å². The summed E-state index contributed by atoms with van der Waals surface area (Å²) < 4.78 is 5.01. The predicted octanol–water partition coefficient (Wildman–Crippen LogP) is 1.85. The van der Waals surface area contributed by atoms with E-state index in [1.54, 1.807) is 20.8 Å². The Labute approximate surface area is 97.1 Å². The second kappa shape index (κ2) is 6.70. The number of rotatable bonds is 5. The molecule has 0 radical (unpaired) electrons. The van der Waals surface area contributed by atoms with Crippen molar-refractivity contribution in [2.45, 2.75) is 52.7 Å². The zero-order chi connectivity index (χ0) is 12.8. The molecule has 0 saturated heterocycles. The number of hydroxylamine groups is 1. The highest BCUT2D eigenvalue weighted by molar-refractivity contribution is 5.66. The van der Waals surface area contributed by atoms with Gasteiger partial charge in [0.05, 0.1) is 6.10 Å². The van der Waals surface area contributed by atoms with Crippen LogP contribution in [0.3, 0.4) is 0 Å². The van der Waals surface area contributed by atoms with Gasteiger partial charge >= 0.3 is 6.09 Å². The Bertz CT molecular complexity index is 211. The van der Waals surface area contributed by atoms with Gasteiger partial charge in [-0.1, -0.05) is 13.8 Å². The van der Waals surface area contributed by atoms with Crippen molar-refractivity contribution < 1.29 is 19.5 Å². The Morgan fingerprint density at radius 2 is 1.94 bits per heavy atom. The van der Waals surface area contributed by atoms with Crippen molar-refractivity contribution in [2.24, 2.45) is 5.92 Å². The molecule has 0 aromatic carbocycles. The van der Waals surface area contributed by atoms with Crippen LogP contribution in [0, 0.1) is 5.92 Å². The minimum absolute atomic E-state index is 0.0266. The minimum Gasteiger partial charge on any atom is -0.442 e. The summed E-state index contributed by atoms with van der Waals surface area (Å²) in [4.78, 5) is 16.4. The fraction of sp³-hybridized carbons (Fsp3) is 0.909. The summed E-state index contributed by atoms with van der Waals surface area (Å²) in [5, 5.41) is 8.81. The van der Waals surface area contributed by atoms with Gasteiger partial charge in [-0.25, -0.2) is 4.79 Å². The van der Waals surface area contributed by atoms with Crippen LogP contribution < -0.4 is 5.48 Å². The predicted molar refractivity (Wildman–Crippen MR) is 60.8 cm³/mol. The second-order valence-electron chi connectivity index (χ2n) is 5.02. The molecule has 0 aliphatic heterocycles. The van der Waals surface area contributed by atoms with Crippen LogP contribution in [0.15, 0.2) is 0 Å². The number of hydrogen-bond acceptors (Lipinski definition) is 4. The number of ether oxygens (including phenoxy) is 1. The second-order valence-corrected chi connectivity index (χ2v) is 5.02. The number of hydrogen-bond donors (Lipinski definition) is 2. The number of aliphatic hydroxyl groups is 1. The van der Waals surface area contributed by atoms with E-state index in [1.807, 2.05) is 13.8 Å². The van der Waals surface area contributed by atoms with E-state index in [-0.39, 0.29) is 18.6 Å². The number of aliphatic hydroxyl groups excluding tert-OH is 1. The molecule has 2 N–H and O–H groups in total. The molecule has 1 amide bonds. The van der Waals surface area contributed by atoms with E-state index in [9.17, 15) is 4.79 Å². The van der Waals surface area contributed by atoms with Crippen LogP contribution in [-0.4, -0.2) is 29.5 Å². The van der Waals surface area contributed by atoms with Crippen LogP contribution in [0.2, 0.25) is 0 Å². The molecule has 1 unspecified atom stereocenters. The highest BCUT2D eigenvalue weighted by Crippen LogP contribution is 2.10. The molecule has 1 atom stereocenters. The average molecular weight is 233 g/mol. The van der Waals surface area contributed by atoms with Crippen LogP contribution in [0.4, 0.5) is 4.79 Å². The largest absolute Gasteiger partial charge is 0.442 e. The molecule has 0 saturated carbocycles. The summed E-state index contributed by atoms with van der Waals surface area (Å²) in [5.74, 6) is 0.210. The maximum absolute atomic E-state index is 11.3. The summed E-state index contributed by atoms with van der Waals surface area (Å²) in [7, 11) is 0. The molecule has 0 rings (SSSR count). The Kier molecular flexibility index (Phi) is 6.36. The van der Waals surface area contributed by atoms with E-state index in [0.29, 0.717) is 6.42 Å². The number of carbonyl (C=O) groups excluding carboxylic acids is 1. The van der Waals surface area contributed by atoms with Gasteiger partial charge in [0.15, 0.2) is 0 Å². The van der Waals surface area contributed by atoms with Crippen molar-refractivity contribution in [2.75, 3.05) is 6.61 Å². The third-order valence-electron chi connectivity index (χ3n) is 1.85. The topological polar surface area (TPSA) is 67.8 Å². The van der Waals surface area contributed by atoms with Crippen molar-refractivity contribution >= 4 is 6.09 Å². The first-order valence-corrected chi connectivity index (χ1v) is 5.51. The van der Waals surface area contributed by atoms with Crippen LogP contribution in [0.25, 0.3) is 0 Å². The fourth-order valence-corrected chi connectivity index (χ4v) is 1.08. The van der Waals surface area contributed by atoms with Crippen molar-refractivity contribution in [1.29, 1.82) is 0 Å². The summed E-state index contributed by atoms with van der Waals surface area (Å²) in [5.41, 5.74) is 1.69. The van der Waals surface area contributed by atoms with Gasteiger partial charge in [0.2, 0.25) is 0 Å². The Balaban J connectivity index is 3.97. The standard InChI is InChI=1S/C11H23NO4/c1-8(2)9(6-7-13)16-12-10(14)15-11(3,4)5/h8-9,13H,6-7H2,1-5H3,(H,12,14). The van der Waals surface area contributed by atoms with E-state index in [4.69, 9.17) is 14.7 Å². The number of carbonyl (C=O) groups is 1. The molecule has 0 aliphatic carbocycles. The molecule has 5 heteroatoms. The molecular weight excluding hydrogens is 210 g/mol. The lowest BCUT2D eigenvalue weighted by Gasteiger charge is -2.23. The molecule has 0 bridgehead atoms. The first-order valence-electron chi connectivity index (χ1n) is 5.51. The van der Waals surface area contributed by atoms with Gasteiger partial charge < -0.3 is 9.84 Å². The van der Waals surface area contributed by atoms with Gasteiger partial charge in [0.25, 0.3) is 0 Å². The van der Waals surface area contributed by atoms with Crippen molar-refractivity contribution in [3.05, 3.63) is 0 Å². The molecule has 5 nitrogen and oxygen atoms in total. The molecule has 0 aromatic rings. The van der Waals surface area contributed by atoms with Crippen LogP contribution >= 0.6 is 0 Å². The monoisotopic (exact) mass is 233 g/mol. The Morgan fingerprint density at radius 3 is 2.31 bits per heavy atom. The summed E-state index contributed by atoms with van der Waals surface area (Å²) >= 11 is 0. The normalized spacial score (nSPS) is 13.7. The van der Waals surface area contributed by atoms with Gasteiger partial charge in [0, 0.05) is 6.61 Å². The van der Waals surface area contributed by atoms with Gasteiger partial charge in [-0.15, -0.1) is 0 Å². The number of nitrogens with one attached hydrogen (secondary N) is 1. The van der Waals surface area contributed by atoms with E-state index >= 15 is 0 Å². The lowest BCUT2D eigenvalue weighted by molar-refractivity contribution is -0.0651. The molecular formula is C11H23NO4. The summed E-state index contributed by atoms with van der Waals surface area (Å²) in [6.45, 7) is 9.27. The van der Waals surface area contributed by atoms with Crippen LogP contribution in [0.1, 0.15) is 41.0 Å². The third kappa shape index (κ3) is 7.48. The minimum atomic E-state index is -0.615. The van der Waals surface area contributed by atoms with Crippen molar-refractivity contribution in [3.63, 3.8) is 0 Å². The average Bonchev–Trinajstić information content (AvgIpc) is 2.08. The smallest absolute Gasteiger partial charge is 0.431 e. The molecule has 96 valence electrons. The van der Waals surface area contributed by atoms with Gasteiger partial charge in [-0.05, 0) is 33.1 Å². The van der Waals surface area contributed by atoms with Gasteiger partial charge in [0.1, 0.15) is 5.60 Å². The van der Waals surface area contributed by atoms with E-state index in [0.717, 1.165) is 0 Å². The summed E-state index contributed by atoms with van der Waals surface area (Å²) in [6, 6.07) is 0. The molecule has 0 fully saturated rings. The highest BCUT2D eigenvalue weighted by Gasteiger charge is 2.19.